The predicted molar refractivity (Wildman–Crippen MR) is 90.8 cm³/mol. The van der Waals surface area contributed by atoms with Gasteiger partial charge in [-0.1, -0.05) is 18.2 Å². The van der Waals surface area contributed by atoms with Crippen molar-refractivity contribution >= 4 is 5.91 Å². The number of para-hydroxylation sites is 1. The number of fused-ring (bicyclic) bond motifs is 3. The van der Waals surface area contributed by atoms with Crippen LogP contribution in [0.15, 0.2) is 43.0 Å². The highest BCUT2D eigenvalue weighted by Gasteiger charge is 2.52. The summed E-state index contributed by atoms with van der Waals surface area (Å²) in [6.45, 7) is 4.34. The number of amides is 1. The molecule has 0 saturated carbocycles. The van der Waals surface area contributed by atoms with Crippen LogP contribution < -0.4 is 4.74 Å². The topological polar surface area (TPSA) is 64.6 Å². The smallest absolute Gasteiger partial charge is 0.225 e. The fraction of sp³-hybridized carbons (Fsp3) is 0.421. The van der Waals surface area contributed by atoms with Crippen molar-refractivity contribution in [3.8, 4) is 5.75 Å². The predicted octanol–water partition coefficient (Wildman–Crippen LogP) is 2.51. The molecule has 4 rings (SSSR count). The number of benzene rings is 1. The average Bonchev–Trinajstić information content (AvgIpc) is 2.91. The Hall–Kier alpha value is -2.47. The number of hydrogen-bond donors (Lipinski definition) is 0. The van der Waals surface area contributed by atoms with E-state index in [0.717, 1.165) is 16.9 Å². The van der Waals surface area contributed by atoms with Gasteiger partial charge in [0.15, 0.2) is 0 Å². The Labute approximate surface area is 146 Å². The number of ether oxygens (including phenoxy) is 2. The van der Waals surface area contributed by atoms with E-state index in [-0.39, 0.29) is 18.1 Å². The first kappa shape index (κ1) is 16.0. The van der Waals surface area contributed by atoms with Crippen LogP contribution in [0.2, 0.25) is 0 Å². The molecule has 2 aliphatic heterocycles. The molecule has 0 radical (unpaired) electrons. The second kappa shape index (κ2) is 6.11. The maximum atomic E-state index is 13.1. The van der Waals surface area contributed by atoms with E-state index < -0.39 is 5.72 Å². The Balaban J connectivity index is 1.60. The van der Waals surface area contributed by atoms with Crippen LogP contribution in [0.25, 0.3) is 0 Å². The molecular formula is C19H21N3O3. The molecule has 2 aromatic rings. The lowest BCUT2D eigenvalue weighted by atomic mass is 9.96. The van der Waals surface area contributed by atoms with E-state index in [1.807, 2.05) is 43.0 Å². The first-order chi connectivity index (χ1) is 12.1. The van der Waals surface area contributed by atoms with Crippen molar-refractivity contribution in [2.45, 2.75) is 44.6 Å². The van der Waals surface area contributed by atoms with Gasteiger partial charge in [-0.25, -0.2) is 9.97 Å². The summed E-state index contributed by atoms with van der Waals surface area (Å²) in [7, 11) is 0. The van der Waals surface area contributed by atoms with E-state index in [9.17, 15) is 4.79 Å². The van der Waals surface area contributed by atoms with Gasteiger partial charge in [-0.3, -0.25) is 4.79 Å². The number of hydrogen-bond acceptors (Lipinski definition) is 5. The van der Waals surface area contributed by atoms with Gasteiger partial charge in [0.25, 0.3) is 0 Å². The molecule has 1 fully saturated rings. The van der Waals surface area contributed by atoms with Crippen molar-refractivity contribution in [3.63, 3.8) is 0 Å². The SMILES string of the molecule is CC1(C)OC2COc3ccccc3[C@@H]2N1C(=O)CCc1cncnc1. The zero-order chi connectivity index (χ0) is 17.4. The maximum Gasteiger partial charge on any atom is 0.225 e. The fourth-order valence-corrected chi connectivity index (χ4v) is 3.77. The minimum absolute atomic E-state index is 0.0676. The first-order valence-electron chi connectivity index (χ1n) is 8.52. The van der Waals surface area contributed by atoms with Crippen molar-refractivity contribution in [3.05, 3.63) is 54.1 Å². The number of aryl methyl sites for hydroxylation is 1. The lowest BCUT2D eigenvalue weighted by Crippen LogP contribution is -2.45. The molecular weight excluding hydrogens is 318 g/mol. The van der Waals surface area contributed by atoms with Gasteiger partial charge in [0.1, 0.15) is 30.5 Å². The van der Waals surface area contributed by atoms with Crippen molar-refractivity contribution in [1.29, 1.82) is 0 Å². The van der Waals surface area contributed by atoms with Gasteiger partial charge in [-0.2, -0.15) is 0 Å². The number of carbonyl (C=O) groups excluding carboxylic acids is 1. The van der Waals surface area contributed by atoms with Crippen LogP contribution in [-0.2, 0) is 16.0 Å². The summed E-state index contributed by atoms with van der Waals surface area (Å²) >= 11 is 0. The summed E-state index contributed by atoms with van der Waals surface area (Å²) in [5.74, 6) is 0.900. The summed E-state index contributed by atoms with van der Waals surface area (Å²) in [6, 6.07) is 7.77. The summed E-state index contributed by atoms with van der Waals surface area (Å²) in [5, 5.41) is 0. The minimum atomic E-state index is -0.666. The van der Waals surface area contributed by atoms with E-state index in [2.05, 4.69) is 9.97 Å². The van der Waals surface area contributed by atoms with Gasteiger partial charge < -0.3 is 14.4 Å². The third-order valence-corrected chi connectivity index (χ3v) is 4.80. The van der Waals surface area contributed by atoms with E-state index in [1.54, 1.807) is 12.4 Å². The fourth-order valence-electron chi connectivity index (χ4n) is 3.77. The molecule has 130 valence electrons. The molecule has 6 nitrogen and oxygen atoms in total. The third kappa shape index (κ3) is 2.87. The molecule has 2 atom stereocenters. The van der Waals surface area contributed by atoms with E-state index in [0.29, 0.717) is 19.4 Å². The summed E-state index contributed by atoms with van der Waals surface area (Å²) in [4.78, 5) is 23.0. The highest BCUT2D eigenvalue weighted by Crippen LogP contribution is 2.47. The Morgan fingerprint density at radius 1 is 1.28 bits per heavy atom. The molecule has 3 heterocycles. The van der Waals surface area contributed by atoms with Crippen LogP contribution in [0.5, 0.6) is 5.75 Å². The summed E-state index contributed by atoms with van der Waals surface area (Å²) in [5.41, 5.74) is 1.30. The number of nitrogens with zero attached hydrogens (tertiary/aromatic N) is 3. The number of aromatic nitrogens is 2. The van der Waals surface area contributed by atoms with Crippen LogP contribution in [0.3, 0.4) is 0 Å². The van der Waals surface area contributed by atoms with E-state index >= 15 is 0 Å². The lowest BCUT2D eigenvalue weighted by molar-refractivity contribution is -0.147. The molecule has 6 heteroatoms. The first-order valence-corrected chi connectivity index (χ1v) is 8.52. The van der Waals surface area contributed by atoms with Crippen LogP contribution in [0, 0.1) is 0 Å². The quantitative estimate of drug-likeness (QED) is 0.860. The minimum Gasteiger partial charge on any atom is -0.490 e. The van der Waals surface area contributed by atoms with Gasteiger partial charge in [-0.05, 0) is 31.9 Å². The molecule has 0 N–H and O–H groups in total. The van der Waals surface area contributed by atoms with Crippen LogP contribution in [0.4, 0.5) is 0 Å². The zero-order valence-electron chi connectivity index (χ0n) is 14.4. The van der Waals surface area contributed by atoms with Crippen LogP contribution >= 0.6 is 0 Å². The Kier molecular flexibility index (Phi) is 3.92. The normalized spacial score (nSPS) is 23.5. The lowest BCUT2D eigenvalue weighted by Gasteiger charge is -2.35. The van der Waals surface area contributed by atoms with Crippen molar-refractivity contribution in [2.75, 3.05) is 6.61 Å². The molecule has 2 aliphatic rings. The molecule has 1 unspecified atom stereocenters. The van der Waals surface area contributed by atoms with Gasteiger partial charge in [0, 0.05) is 24.4 Å². The third-order valence-electron chi connectivity index (χ3n) is 4.80. The van der Waals surface area contributed by atoms with Crippen LogP contribution in [0.1, 0.15) is 37.4 Å². The standard InChI is InChI=1S/C19H21N3O3/c1-19(2)22(17(23)8-7-13-9-20-12-21-10-13)18-14-5-3-4-6-15(14)24-11-16(18)25-19/h3-6,9-10,12,16,18H,7-8,11H2,1-2H3/t16?,18-/m0/s1. The zero-order valence-corrected chi connectivity index (χ0v) is 14.4. The molecule has 0 spiro atoms. The highest BCUT2D eigenvalue weighted by atomic mass is 16.6. The Morgan fingerprint density at radius 2 is 2.04 bits per heavy atom. The summed E-state index contributed by atoms with van der Waals surface area (Å²) in [6.07, 6.45) is 5.85. The Bertz CT molecular complexity index is 778. The van der Waals surface area contributed by atoms with Gasteiger partial charge in [0.05, 0.1) is 6.04 Å². The van der Waals surface area contributed by atoms with E-state index in [1.165, 1.54) is 6.33 Å². The van der Waals surface area contributed by atoms with E-state index in [4.69, 9.17) is 9.47 Å². The van der Waals surface area contributed by atoms with Crippen molar-refractivity contribution in [2.24, 2.45) is 0 Å². The molecule has 1 aromatic heterocycles. The number of rotatable bonds is 3. The summed E-state index contributed by atoms with van der Waals surface area (Å²) < 4.78 is 12.0. The second-order valence-electron chi connectivity index (χ2n) is 6.91. The molecule has 1 saturated heterocycles. The maximum absolute atomic E-state index is 13.1. The molecule has 25 heavy (non-hydrogen) atoms. The second-order valence-corrected chi connectivity index (χ2v) is 6.91. The van der Waals surface area contributed by atoms with Crippen molar-refractivity contribution in [1.82, 2.24) is 14.9 Å². The highest BCUT2D eigenvalue weighted by molar-refractivity contribution is 5.78. The monoisotopic (exact) mass is 339 g/mol. The molecule has 1 aromatic carbocycles. The van der Waals surface area contributed by atoms with Crippen molar-refractivity contribution < 1.29 is 14.3 Å². The number of carbonyl (C=O) groups is 1. The largest absolute Gasteiger partial charge is 0.490 e. The van der Waals surface area contributed by atoms with Gasteiger partial charge in [0.2, 0.25) is 5.91 Å². The van der Waals surface area contributed by atoms with Gasteiger partial charge in [-0.15, -0.1) is 0 Å². The molecule has 0 bridgehead atoms. The van der Waals surface area contributed by atoms with Gasteiger partial charge >= 0.3 is 0 Å². The molecule has 0 aliphatic carbocycles. The Morgan fingerprint density at radius 3 is 2.84 bits per heavy atom. The van der Waals surface area contributed by atoms with Crippen LogP contribution in [-0.4, -0.2) is 39.2 Å². The molecule has 1 amide bonds. The average molecular weight is 339 g/mol.